The molecule has 25 heavy (non-hydrogen) atoms. The van der Waals surface area contributed by atoms with Crippen molar-refractivity contribution in [1.82, 2.24) is 15.0 Å². The number of aromatic nitrogens is 2. The van der Waals surface area contributed by atoms with Crippen molar-refractivity contribution < 1.29 is 9.32 Å². The lowest BCUT2D eigenvalue weighted by Gasteiger charge is -2.20. The van der Waals surface area contributed by atoms with Crippen molar-refractivity contribution in [2.45, 2.75) is 38.8 Å². The second-order valence-corrected chi connectivity index (χ2v) is 6.74. The van der Waals surface area contributed by atoms with Gasteiger partial charge >= 0.3 is 0 Å². The van der Waals surface area contributed by atoms with Crippen molar-refractivity contribution in [2.24, 2.45) is 5.73 Å². The fourth-order valence-electron chi connectivity index (χ4n) is 2.90. The van der Waals surface area contributed by atoms with Crippen molar-refractivity contribution in [1.29, 1.82) is 0 Å². The normalized spacial score (nSPS) is 12.7. The summed E-state index contributed by atoms with van der Waals surface area (Å²) >= 11 is 0. The van der Waals surface area contributed by atoms with E-state index in [9.17, 15) is 4.79 Å². The zero-order chi connectivity index (χ0) is 18.0. The first-order valence-corrected chi connectivity index (χ1v) is 8.46. The molecule has 2 heterocycles. The largest absolute Gasteiger partial charge is 0.361 e. The highest BCUT2D eigenvalue weighted by atomic mass is 16.5. The first-order valence-electron chi connectivity index (χ1n) is 8.46. The van der Waals surface area contributed by atoms with Gasteiger partial charge in [0.2, 0.25) is 5.91 Å². The average Bonchev–Trinajstić information content (AvgIpc) is 3.22. The number of nitrogens with zero attached hydrogens (tertiary/aromatic N) is 2. The number of para-hydroxylation sites is 1. The molecule has 3 rings (SSSR count). The van der Waals surface area contributed by atoms with Gasteiger partial charge in [-0.15, -0.1) is 0 Å². The molecular formula is C19H24N4O2. The van der Waals surface area contributed by atoms with Crippen LogP contribution in [0.25, 0.3) is 10.9 Å². The summed E-state index contributed by atoms with van der Waals surface area (Å²) in [7, 11) is 1.73. The van der Waals surface area contributed by atoms with Crippen LogP contribution in [0, 0.1) is 0 Å². The van der Waals surface area contributed by atoms with Crippen LogP contribution in [0.4, 0.5) is 0 Å². The Labute approximate surface area is 147 Å². The molecule has 6 heteroatoms. The van der Waals surface area contributed by atoms with Gasteiger partial charge in [-0.2, -0.15) is 0 Å². The van der Waals surface area contributed by atoms with E-state index in [0.29, 0.717) is 24.6 Å². The van der Waals surface area contributed by atoms with E-state index in [2.05, 4.69) is 10.1 Å². The minimum atomic E-state index is -0.600. The number of benzene rings is 1. The van der Waals surface area contributed by atoms with Crippen molar-refractivity contribution in [2.75, 3.05) is 7.05 Å². The van der Waals surface area contributed by atoms with Crippen LogP contribution in [0.15, 0.2) is 41.1 Å². The molecule has 0 aliphatic rings. The molecule has 0 saturated carbocycles. The topological polar surface area (TPSA) is 88.1 Å². The number of nitrogens with two attached hydrogens (primary N) is 1. The van der Waals surface area contributed by atoms with Gasteiger partial charge < -0.3 is 20.1 Å². The van der Waals surface area contributed by atoms with Gasteiger partial charge in [0.1, 0.15) is 0 Å². The van der Waals surface area contributed by atoms with Crippen LogP contribution in [0.3, 0.4) is 0 Å². The molecule has 0 bridgehead atoms. The fraction of sp³-hybridized carbons (Fsp3) is 0.368. The van der Waals surface area contributed by atoms with Gasteiger partial charge in [-0.25, -0.2) is 0 Å². The smallest absolute Gasteiger partial charge is 0.239 e. The molecule has 1 aromatic carbocycles. The zero-order valence-electron chi connectivity index (χ0n) is 14.8. The van der Waals surface area contributed by atoms with Gasteiger partial charge in [-0.1, -0.05) is 37.2 Å². The maximum Gasteiger partial charge on any atom is 0.239 e. The van der Waals surface area contributed by atoms with Crippen molar-refractivity contribution in [3.8, 4) is 0 Å². The number of hydrogen-bond donors (Lipinski definition) is 2. The lowest BCUT2D eigenvalue weighted by molar-refractivity contribution is -0.132. The molecule has 0 spiro atoms. The van der Waals surface area contributed by atoms with E-state index in [0.717, 1.165) is 22.2 Å². The van der Waals surface area contributed by atoms with Gasteiger partial charge in [0, 0.05) is 30.2 Å². The number of rotatable bonds is 6. The Balaban J connectivity index is 1.64. The fourth-order valence-corrected chi connectivity index (χ4v) is 2.90. The van der Waals surface area contributed by atoms with E-state index < -0.39 is 6.04 Å². The average molecular weight is 340 g/mol. The van der Waals surface area contributed by atoms with Crippen LogP contribution >= 0.6 is 0 Å². The molecule has 0 saturated heterocycles. The molecule has 1 amide bonds. The summed E-state index contributed by atoms with van der Waals surface area (Å²) in [5, 5.41) is 5.12. The number of carbonyl (C=O) groups is 1. The van der Waals surface area contributed by atoms with Crippen molar-refractivity contribution in [3.63, 3.8) is 0 Å². The maximum absolute atomic E-state index is 12.6. The Morgan fingerprint density at radius 2 is 2.12 bits per heavy atom. The predicted molar refractivity (Wildman–Crippen MR) is 97.0 cm³/mol. The molecule has 3 N–H and O–H groups in total. The first-order chi connectivity index (χ1) is 12.0. The number of nitrogens with one attached hydrogen (secondary N) is 1. The second kappa shape index (κ2) is 7.11. The molecule has 2 aromatic heterocycles. The molecule has 0 radical (unpaired) electrons. The second-order valence-electron chi connectivity index (χ2n) is 6.74. The first kappa shape index (κ1) is 17.2. The number of aromatic amines is 1. The third kappa shape index (κ3) is 3.74. The summed E-state index contributed by atoms with van der Waals surface area (Å²) in [5.74, 6) is 0.842. The number of H-pyrrole nitrogens is 1. The van der Waals surface area contributed by atoms with Gasteiger partial charge in [0.15, 0.2) is 5.76 Å². The summed E-state index contributed by atoms with van der Waals surface area (Å²) in [5.41, 5.74) is 9.14. The third-order valence-corrected chi connectivity index (χ3v) is 4.37. The zero-order valence-corrected chi connectivity index (χ0v) is 14.8. The maximum atomic E-state index is 12.6. The van der Waals surface area contributed by atoms with Crippen LogP contribution < -0.4 is 5.73 Å². The minimum absolute atomic E-state index is 0.118. The number of fused-ring (bicyclic) bond motifs is 1. The quantitative estimate of drug-likeness (QED) is 0.722. The Kier molecular flexibility index (Phi) is 4.90. The summed E-state index contributed by atoms with van der Waals surface area (Å²) < 4.78 is 5.30. The van der Waals surface area contributed by atoms with Gasteiger partial charge in [-0.05, 0) is 24.0 Å². The Bertz CT molecular complexity index is 865. The summed E-state index contributed by atoms with van der Waals surface area (Å²) in [4.78, 5) is 17.4. The highest BCUT2D eigenvalue weighted by Gasteiger charge is 2.21. The van der Waals surface area contributed by atoms with E-state index in [4.69, 9.17) is 10.3 Å². The number of amides is 1. The molecule has 6 nitrogen and oxygen atoms in total. The van der Waals surface area contributed by atoms with Gasteiger partial charge in [0.05, 0.1) is 18.3 Å². The Morgan fingerprint density at radius 1 is 1.36 bits per heavy atom. The summed E-state index contributed by atoms with van der Waals surface area (Å²) in [6.07, 6.45) is 2.41. The van der Waals surface area contributed by atoms with E-state index in [1.165, 1.54) is 0 Å². The molecular weight excluding hydrogens is 316 g/mol. The third-order valence-electron chi connectivity index (χ3n) is 4.37. The van der Waals surface area contributed by atoms with Crippen LogP contribution in [0.1, 0.15) is 36.8 Å². The van der Waals surface area contributed by atoms with Crippen LogP contribution in [0.2, 0.25) is 0 Å². The monoisotopic (exact) mass is 340 g/mol. The lowest BCUT2D eigenvalue weighted by atomic mass is 10.0. The number of hydrogen-bond acceptors (Lipinski definition) is 4. The SMILES string of the molecule is CC(C)c1cc(CN(C)C(=O)[C@H](N)Cc2c[nH]c3ccccc23)on1. The molecule has 1 atom stereocenters. The van der Waals surface area contributed by atoms with E-state index in [1.807, 2.05) is 50.4 Å². The summed E-state index contributed by atoms with van der Waals surface area (Å²) in [6.45, 7) is 4.46. The number of carbonyl (C=O) groups excluding carboxylic acids is 1. The lowest BCUT2D eigenvalue weighted by Crippen LogP contribution is -2.42. The Hall–Kier alpha value is -2.60. The predicted octanol–water partition coefficient (Wildman–Crippen LogP) is 2.81. The summed E-state index contributed by atoms with van der Waals surface area (Å²) in [6, 6.07) is 9.29. The highest BCUT2D eigenvalue weighted by Crippen LogP contribution is 2.19. The molecule has 0 aliphatic carbocycles. The van der Waals surface area contributed by atoms with Crippen LogP contribution in [0.5, 0.6) is 0 Å². The van der Waals surface area contributed by atoms with E-state index in [-0.39, 0.29) is 5.91 Å². The van der Waals surface area contributed by atoms with E-state index >= 15 is 0 Å². The van der Waals surface area contributed by atoms with E-state index in [1.54, 1.807) is 11.9 Å². The van der Waals surface area contributed by atoms with Crippen LogP contribution in [-0.4, -0.2) is 34.0 Å². The molecule has 0 fully saturated rings. The minimum Gasteiger partial charge on any atom is -0.361 e. The highest BCUT2D eigenvalue weighted by molar-refractivity contribution is 5.86. The van der Waals surface area contributed by atoms with Gasteiger partial charge in [0.25, 0.3) is 0 Å². The molecule has 3 aromatic rings. The molecule has 132 valence electrons. The standard InChI is InChI=1S/C19H24N4O2/c1-12(2)18-9-14(25-22-18)11-23(3)19(24)16(20)8-13-10-21-17-7-5-4-6-15(13)17/h4-7,9-10,12,16,21H,8,11,20H2,1-3H3/t16-/m1/s1. The molecule has 0 aliphatic heterocycles. The van der Waals surface area contributed by atoms with Crippen molar-refractivity contribution in [3.05, 3.63) is 53.5 Å². The number of likely N-dealkylation sites (N-methyl/N-ethyl adjacent to an activating group) is 1. The molecule has 0 unspecified atom stereocenters. The Morgan fingerprint density at radius 3 is 2.84 bits per heavy atom. The van der Waals surface area contributed by atoms with Gasteiger partial charge in [-0.3, -0.25) is 4.79 Å². The van der Waals surface area contributed by atoms with Crippen LogP contribution in [-0.2, 0) is 17.8 Å². The van der Waals surface area contributed by atoms with Crippen molar-refractivity contribution >= 4 is 16.8 Å².